The molecule has 2 heterocycles. The molecule has 1 fully saturated rings. The van der Waals surface area contributed by atoms with E-state index >= 15 is 0 Å². The first kappa shape index (κ1) is 11.2. The summed E-state index contributed by atoms with van der Waals surface area (Å²) in [5.74, 6) is 0.808. The fraction of sp³-hybridized carbons (Fsp3) is 0.500. The summed E-state index contributed by atoms with van der Waals surface area (Å²) < 4.78 is 0. The molecule has 2 rings (SSSR count). The zero-order chi connectivity index (χ0) is 11.5. The van der Waals surface area contributed by atoms with Crippen molar-refractivity contribution in [2.75, 3.05) is 38.1 Å². The van der Waals surface area contributed by atoms with Gasteiger partial charge in [-0.25, -0.2) is 9.97 Å². The van der Waals surface area contributed by atoms with Gasteiger partial charge in [-0.2, -0.15) is 0 Å². The highest BCUT2D eigenvalue weighted by Gasteiger charge is 2.19. The van der Waals surface area contributed by atoms with Crippen molar-refractivity contribution in [3.8, 4) is 0 Å². The molecule has 1 aliphatic heterocycles. The lowest BCUT2D eigenvalue weighted by Gasteiger charge is -2.33. The first-order valence-corrected chi connectivity index (χ1v) is 5.63. The monoisotopic (exact) mass is 237 g/mol. The van der Waals surface area contributed by atoms with Gasteiger partial charge in [0.1, 0.15) is 10.7 Å². The van der Waals surface area contributed by atoms with Crippen LogP contribution in [0.2, 0.25) is 0 Å². The molecule has 0 spiro atoms. The molecule has 1 saturated heterocycles. The van der Waals surface area contributed by atoms with Crippen molar-refractivity contribution in [1.82, 2.24) is 14.9 Å². The van der Waals surface area contributed by atoms with Crippen LogP contribution in [-0.2, 0) is 0 Å². The molecule has 6 heteroatoms. The largest absolute Gasteiger partial charge is 0.388 e. The van der Waals surface area contributed by atoms with Gasteiger partial charge in [-0.3, -0.25) is 0 Å². The van der Waals surface area contributed by atoms with Crippen LogP contribution in [0.3, 0.4) is 0 Å². The van der Waals surface area contributed by atoms with Gasteiger partial charge in [-0.05, 0) is 7.05 Å². The smallest absolute Gasteiger partial charge is 0.157 e. The van der Waals surface area contributed by atoms with Crippen molar-refractivity contribution in [3.63, 3.8) is 0 Å². The van der Waals surface area contributed by atoms with Gasteiger partial charge in [-0.1, -0.05) is 12.2 Å². The van der Waals surface area contributed by atoms with Crippen LogP contribution in [0.15, 0.2) is 12.4 Å². The zero-order valence-electron chi connectivity index (χ0n) is 9.26. The second-order valence-electron chi connectivity index (χ2n) is 3.88. The Bertz CT molecular complexity index is 387. The van der Waals surface area contributed by atoms with Gasteiger partial charge in [0.25, 0.3) is 0 Å². The van der Waals surface area contributed by atoms with Crippen molar-refractivity contribution in [2.45, 2.75) is 0 Å². The Hall–Kier alpha value is -1.27. The van der Waals surface area contributed by atoms with Gasteiger partial charge in [0.15, 0.2) is 5.82 Å². The maximum atomic E-state index is 5.64. The van der Waals surface area contributed by atoms with Crippen LogP contribution in [0, 0.1) is 0 Å². The Morgan fingerprint density at radius 1 is 1.25 bits per heavy atom. The first-order valence-electron chi connectivity index (χ1n) is 5.23. The molecule has 0 radical (unpaired) electrons. The molecule has 1 aliphatic rings. The van der Waals surface area contributed by atoms with E-state index < -0.39 is 0 Å². The number of hydrogen-bond donors (Lipinski definition) is 1. The maximum absolute atomic E-state index is 5.64. The number of thiocarbonyl (C=S) groups is 1. The molecule has 0 saturated carbocycles. The summed E-state index contributed by atoms with van der Waals surface area (Å²) in [6, 6.07) is 0. The van der Waals surface area contributed by atoms with Crippen LogP contribution in [0.1, 0.15) is 5.69 Å². The van der Waals surface area contributed by atoms with Crippen molar-refractivity contribution >= 4 is 23.0 Å². The predicted molar refractivity (Wildman–Crippen MR) is 67.6 cm³/mol. The molecule has 0 atom stereocenters. The van der Waals surface area contributed by atoms with Crippen molar-refractivity contribution < 1.29 is 0 Å². The lowest BCUT2D eigenvalue weighted by atomic mass is 10.3. The summed E-state index contributed by atoms with van der Waals surface area (Å²) in [4.78, 5) is 13.3. The van der Waals surface area contributed by atoms with E-state index in [9.17, 15) is 0 Å². The molecular formula is C10H15N5S. The Morgan fingerprint density at radius 2 is 1.88 bits per heavy atom. The number of anilines is 1. The summed E-state index contributed by atoms with van der Waals surface area (Å²) in [7, 11) is 2.11. The van der Waals surface area contributed by atoms with Crippen LogP contribution in [0.5, 0.6) is 0 Å². The van der Waals surface area contributed by atoms with Crippen molar-refractivity contribution in [3.05, 3.63) is 18.1 Å². The van der Waals surface area contributed by atoms with Crippen molar-refractivity contribution in [2.24, 2.45) is 5.73 Å². The van der Waals surface area contributed by atoms with Crippen LogP contribution in [-0.4, -0.2) is 53.1 Å². The Kier molecular flexibility index (Phi) is 3.31. The Morgan fingerprint density at radius 3 is 2.50 bits per heavy atom. The van der Waals surface area contributed by atoms with E-state index in [2.05, 4.69) is 26.8 Å². The molecule has 0 aliphatic carbocycles. The number of rotatable bonds is 2. The molecule has 5 nitrogen and oxygen atoms in total. The number of aromatic nitrogens is 2. The Balaban J connectivity index is 2.23. The first-order chi connectivity index (χ1) is 7.68. The molecular weight excluding hydrogens is 222 g/mol. The summed E-state index contributed by atoms with van der Waals surface area (Å²) in [6.07, 6.45) is 3.30. The fourth-order valence-corrected chi connectivity index (χ4v) is 1.90. The lowest BCUT2D eigenvalue weighted by molar-refractivity contribution is 0.312. The number of likely N-dealkylation sites (N-methyl/N-ethyl adjacent to an activating group) is 1. The minimum atomic E-state index is 0.307. The van der Waals surface area contributed by atoms with Gasteiger partial charge in [0.2, 0.25) is 0 Å². The van der Waals surface area contributed by atoms with Gasteiger partial charge in [0.05, 0.1) is 0 Å². The number of nitrogens with two attached hydrogens (primary N) is 1. The summed E-state index contributed by atoms with van der Waals surface area (Å²) in [5, 5.41) is 0. The topological polar surface area (TPSA) is 58.3 Å². The minimum Gasteiger partial charge on any atom is -0.388 e. The SMILES string of the molecule is CN1CCN(c2nccnc2C(N)=S)CC1. The molecule has 1 aromatic rings. The van der Waals surface area contributed by atoms with E-state index in [0.29, 0.717) is 10.7 Å². The quantitative estimate of drug-likeness (QED) is 0.723. The molecule has 0 bridgehead atoms. The molecule has 0 aromatic carbocycles. The van der Waals surface area contributed by atoms with E-state index in [-0.39, 0.29) is 0 Å². The van der Waals surface area contributed by atoms with E-state index in [1.165, 1.54) is 0 Å². The molecule has 1 aromatic heterocycles. The minimum absolute atomic E-state index is 0.307. The molecule has 86 valence electrons. The zero-order valence-corrected chi connectivity index (χ0v) is 10.1. The van der Waals surface area contributed by atoms with Gasteiger partial charge >= 0.3 is 0 Å². The molecule has 0 amide bonds. The third-order valence-corrected chi connectivity index (χ3v) is 2.91. The second kappa shape index (κ2) is 4.71. The van der Waals surface area contributed by atoms with Crippen LogP contribution in [0.25, 0.3) is 0 Å². The Labute approximate surface area is 100 Å². The maximum Gasteiger partial charge on any atom is 0.157 e. The van der Waals surface area contributed by atoms with E-state index in [1.54, 1.807) is 12.4 Å². The second-order valence-corrected chi connectivity index (χ2v) is 4.32. The fourth-order valence-electron chi connectivity index (χ4n) is 1.75. The van der Waals surface area contributed by atoms with Crippen LogP contribution < -0.4 is 10.6 Å². The normalized spacial score (nSPS) is 17.4. The molecule has 0 unspecified atom stereocenters. The number of hydrogen-bond acceptors (Lipinski definition) is 5. The van der Waals surface area contributed by atoms with Gasteiger partial charge < -0.3 is 15.5 Å². The van der Waals surface area contributed by atoms with Crippen molar-refractivity contribution in [1.29, 1.82) is 0 Å². The highest BCUT2D eigenvalue weighted by Crippen LogP contribution is 2.16. The molecule has 16 heavy (non-hydrogen) atoms. The highest BCUT2D eigenvalue weighted by molar-refractivity contribution is 7.80. The molecule has 2 N–H and O–H groups in total. The van der Waals surface area contributed by atoms with Crippen LogP contribution >= 0.6 is 12.2 Å². The number of piperazine rings is 1. The summed E-state index contributed by atoms with van der Waals surface area (Å²) in [5.41, 5.74) is 6.27. The van der Waals surface area contributed by atoms with Crippen LogP contribution in [0.4, 0.5) is 5.82 Å². The summed E-state index contributed by atoms with van der Waals surface area (Å²) in [6.45, 7) is 3.91. The lowest BCUT2D eigenvalue weighted by Crippen LogP contribution is -2.45. The highest BCUT2D eigenvalue weighted by atomic mass is 32.1. The third-order valence-electron chi connectivity index (χ3n) is 2.72. The average molecular weight is 237 g/mol. The average Bonchev–Trinajstić information content (AvgIpc) is 2.30. The van der Waals surface area contributed by atoms with E-state index in [4.69, 9.17) is 18.0 Å². The summed E-state index contributed by atoms with van der Waals surface area (Å²) >= 11 is 4.98. The van der Waals surface area contributed by atoms with E-state index in [0.717, 1.165) is 32.0 Å². The predicted octanol–water partition coefficient (Wildman–Crippen LogP) is -0.137. The number of nitrogens with zero attached hydrogens (tertiary/aromatic N) is 4. The van der Waals surface area contributed by atoms with E-state index in [1.807, 2.05) is 0 Å². The standard InChI is InChI=1S/C10H15N5S/c1-14-4-6-15(7-5-14)10-8(9(11)16)12-2-3-13-10/h2-3H,4-7H2,1H3,(H2,11,16). The third kappa shape index (κ3) is 2.28. The van der Waals surface area contributed by atoms with Gasteiger partial charge in [-0.15, -0.1) is 0 Å². The van der Waals surface area contributed by atoms with Gasteiger partial charge in [0, 0.05) is 38.6 Å².